The number of benzene rings is 1. The van der Waals surface area contributed by atoms with Gasteiger partial charge in [-0.15, -0.1) is 0 Å². The van der Waals surface area contributed by atoms with E-state index in [9.17, 15) is 4.79 Å². The Morgan fingerprint density at radius 2 is 1.75 bits per heavy atom. The van der Waals surface area contributed by atoms with Crippen LogP contribution in [0.5, 0.6) is 5.75 Å². The van der Waals surface area contributed by atoms with Gasteiger partial charge in [-0.2, -0.15) is 0 Å². The Morgan fingerprint density at radius 3 is 2.12 bits per heavy atom. The molecule has 0 aliphatic rings. The van der Waals surface area contributed by atoms with Gasteiger partial charge in [0, 0.05) is 5.41 Å². The van der Waals surface area contributed by atoms with Crippen LogP contribution in [-0.2, 0) is 4.79 Å². The second-order valence-corrected chi connectivity index (χ2v) is 4.87. The monoisotopic (exact) mass is 221 g/mol. The van der Waals surface area contributed by atoms with E-state index in [2.05, 4.69) is 0 Å². The molecule has 0 saturated carbocycles. The molecule has 2 N–H and O–H groups in total. The van der Waals surface area contributed by atoms with Crippen molar-refractivity contribution < 1.29 is 9.53 Å². The molecular formula is C13H19NO2. The van der Waals surface area contributed by atoms with E-state index < -0.39 is 11.5 Å². The topological polar surface area (TPSA) is 52.3 Å². The standard InChI is InChI=1S/C13H19NO2/c1-13(2,3)12(15)11(14)9-5-7-10(16-4)8-6-9/h5-8,11H,14H2,1-4H3. The van der Waals surface area contributed by atoms with Gasteiger partial charge in [0.2, 0.25) is 0 Å². The summed E-state index contributed by atoms with van der Waals surface area (Å²) >= 11 is 0. The van der Waals surface area contributed by atoms with E-state index in [4.69, 9.17) is 10.5 Å². The van der Waals surface area contributed by atoms with Crippen molar-refractivity contribution in [3.63, 3.8) is 0 Å². The van der Waals surface area contributed by atoms with Crippen molar-refractivity contribution in [1.82, 2.24) is 0 Å². The van der Waals surface area contributed by atoms with Crippen molar-refractivity contribution in [1.29, 1.82) is 0 Å². The molecule has 0 aliphatic carbocycles. The molecule has 0 aromatic heterocycles. The molecule has 0 heterocycles. The maximum Gasteiger partial charge on any atom is 0.159 e. The number of carbonyl (C=O) groups is 1. The van der Waals surface area contributed by atoms with Crippen molar-refractivity contribution >= 4 is 5.78 Å². The van der Waals surface area contributed by atoms with Crippen molar-refractivity contribution in [2.75, 3.05) is 7.11 Å². The molecule has 1 unspecified atom stereocenters. The lowest BCUT2D eigenvalue weighted by Crippen LogP contribution is -2.32. The van der Waals surface area contributed by atoms with Crippen LogP contribution in [0.15, 0.2) is 24.3 Å². The number of hydrogen-bond donors (Lipinski definition) is 1. The zero-order valence-electron chi connectivity index (χ0n) is 10.3. The zero-order valence-corrected chi connectivity index (χ0v) is 10.3. The van der Waals surface area contributed by atoms with Gasteiger partial charge >= 0.3 is 0 Å². The van der Waals surface area contributed by atoms with Crippen molar-refractivity contribution in [2.24, 2.45) is 11.1 Å². The lowest BCUT2D eigenvalue weighted by molar-refractivity contribution is -0.127. The van der Waals surface area contributed by atoms with Crippen LogP contribution in [0, 0.1) is 5.41 Å². The van der Waals surface area contributed by atoms with Crippen molar-refractivity contribution in [3.8, 4) is 5.75 Å². The third-order valence-electron chi connectivity index (χ3n) is 2.50. The molecule has 1 rings (SSSR count). The number of rotatable bonds is 3. The zero-order chi connectivity index (χ0) is 12.3. The summed E-state index contributed by atoms with van der Waals surface area (Å²) in [5.41, 5.74) is 6.33. The first-order valence-electron chi connectivity index (χ1n) is 5.30. The van der Waals surface area contributed by atoms with E-state index in [0.717, 1.165) is 11.3 Å². The van der Waals surface area contributed by atoms with Gasteiger partial charge in [0.25, 0.3) is 0 Å². The largest absolute Gasteiger partial charge is 0.497 e. The highest BCUT2D eigenvalue weighted by Crippen LogP contribution is 2.25. The predicted molar refractivity (Wildman–Crippen MR) is 64.4 cm³/mol. The van der Waals surface area contributed by atoms with E-state index in [1.165, 1.54) is 0 Å². The van der Waals surface area contributed by atoms with Crippen LogP contribution in [0.1, 0.15) is 32.4 Å². The SMILES string of the molecule is COc1ccc(C(N)C(=O)C(C)(C)C)cc1. The highest BCUT2D eigenvalue weighted by Gasteiger charge is 2.27. The summed E-state index contributed by atoms with van der Waals surface area (Å²) in [6.45, 7) is 5.62. The first-order chi connectivity index (χ1) is 7.36. The number of hydrogen-bond acceptors (Lipinski definition) is 3. The highest BCUT2D eigenvalue weighted by atomic mass is 16.5. The summed E-state index contributed by atoms with van der Waals surface area (Å²) in [7, 11) is 1.61. The lowest BCUT2D eigenvalue weighted by atomic mass is 9.84. The molecule has 3 heteroatoms. The second-order valence-electron chi connectivity index (χ2n) is 4.87. The Labute approximate surface area is 96.6 Å². The van der Waals surface area contributed by atoms with Crippen LogP contribution >= 0.6 is 0 Å². The lowest BCUT2D eigenvalue weighted by Gasteiger charge is -2.22. The Hall–Kier alpha value is -1.35. The number of ether oxygens (including phenoxy) is 1. The fourth-order valence-electron chi connectivity index (χ4n) is 1.43. The quantitative estimate of drug-likeness (QED) is 0.852. The van der Waals surface area contributed by atoms with Crippen LogP contribution in [-0.4, -0.2) is 12.9 Å². The van der Waals surface area contributed by atoms with Crippen LogP contribution in [0.2, 0.25) is 0 Å². The summed E-state index contributed by atoms with van der Waals surface area (Å²) in [4.78, 5) is 12.0. The molecule has 16 heavy (non-hydrogen) atoms. The maximum absolute atomic E-state index is 12.0. The Morgan fingerprint density at radius 1 is 1.25 bits per heavy atom. The summed E-state index contributed by atoms with van der Waals surface area (Å²) in [5.74, 6) is 0.803. The molecule has 0 aliphatic heterocycles. The molecule has 88 valence electrons. The third kappa shape index (κ3) is 2.83. The predicted octanol–water partition coefficient (Wildman–Crippen LogP) is 2.31. The molecule has 0 fully saturated rings. The van der Waals surface area contributed by atoms with Crippen molar-refractivity contribution in [2.45, 2.75) is 26.8 Å². The molecule has 1 atom stereocenters. The van der Waals surface area contributed by atoms with Crippen LogP contribution in [0.3, 0.4) is 0 Å². The minimum Gasteiger partial charge on any atom is -0.497 e. The summed E-state index contributed by atoms with van der Waals surface area (Å²) < 4.78 is 5.05. The van der Waals surface area contributed by atoms with Gasteiger partial charge in [-0.3, -0.25) is 4.79 Å². The first-order valence-corrected chi connectivity index (χ1v) is 5.30. The fraction of sp³-hybridized carbons (Fsp3) is 0.462. The van der Waals surface area contributed by atoms with Gasteiger partial charge in [-0.1, -0.05) is 32.9 Å². The highest BCUT2D eigenvalue weighted by molar-refractivity contribution is 5.89. The van der Waals surface area contributed by atoms with E-state index in [-0.39, 0.29) is 5.78 Å². The summed E-state index contributed by atoms with van der Waals surface area (Å²) in [6, 6.07) is 6.71. The van der Waals surface area contributed by atoms with Gasteiger partial charge in [0.05, 0.1) is 13.2 Å². The fourth-order valence-corrected chi connectivity index (χ4v) is 1.43. The Bertz CT molecular complexity index is 363. The molecule has 0 amide bonds. The van der Waals surface area contributed by atoms with E-state index in [1.807, 2.05) is 45.0 Å². The van der Waals surface area contributed by atoms with E-state index in [1.54, 1.807) is 7.11 Å². The van der Waals surface area contributed by atoms with E-state index in [0.29, 0.717) is 0 Å². The maximum atomic E-state index is 12.0. The number of ketones is 1. The number of nitrogens with two attached hydrogens (primary N) is 1. The molecular weight excluding hydrogens is 202 g/mol. The number of carbonyl (C=O) groups excluding carboxylic acids is 1. The van der Waals surface area contributed by atoms with Crippen LogP contribution in [0.4, 0.5) is 0 Å². The molecule has 1 aromatic rings. The normalized spacial score (nSPS) is 13.3. The van der Waals surface area contributed by atoms with Gasteiger partial charge in [-0.25, -0.2) is 0 Å². The molecule has 1 aromatic carbocycles. The van der Waals surface area contributed by atoms with Crippen molar-refractivity contribution in [3.05, 3.63) is 29.8 Å². The molecule has 0 spiro atoms. The van der Waals surface area contributed by atoms with Gasteiger partial charge in [0.15, 0.2) is 5.78 Å². The first kappa shape index (κ1) is 12.7. The minimum atomic E-state index is -0.564. The Balaban J connectivity index is 2.88. The van der Waals surface area contributed by atoms with Crippen LogP contribution < -0.4 is 10.5 Å². The average molecular weight is 221 g/mol. The molecule has 0 radical (unpaired) electrons. The summed E-state index contributed by atoms with van der Waals surface area (Å²) in [6.07, 6.45) is 0. The summed E-state index contributed by atoms with van der Waals surface area (Å²) in [5, 5.41) is 0. The smallest absolute Gasteiger partial charge is 0.159 e. The van der Waals surface area contributed by atoms with Gasteiger partial charge in [0.1, 0.15) is 5.75 Å². The average Bonchev–Trinajstić information content (AvgIpc) is 2.26. The van der Waals surface area contributed by atoms with Crippen LogP contribution in [0.25, 0.3) is 0 Å². The number of methoxy groups -OCH3 is 1. The Kier molecular flexibility index (Phi) is 3.70. The minimum absolute atomic E-state index is 0.0395. The van der Waals surface area contributed by atoms with E-state index >= 15 is 0 Å². The van der Waals surface area contributed by atoms with Gasteiger partial charge < -0.3 is 10.5 Å². The third-order valence-corrected chi connectivity index (χ3v) is 2.50. The molecule has 0 bridgehead atoms. The number of Topliss-reactive ketones (excluding diaryl/α,β-unsaturated/α-hetero) is 1. The second kappa shape index (κ2) is 4.66. The molecule has 3 nitrogen and oxygen atoms in total. The molecule has 0 saturated heterocycles. The van der Waals surface area contributed by atoms with Gasteiger partial charge in [-0.05, 0) is 17.7 Å².